The number of likely N-dealkylation sites (N-methyl/N-ethyl adjacent to an activating group) is 1. The minimum Gasteiger partial charge on any atom is -0.356 e. The van der Waals surface area contributed by atoms with Crippen LogP contribution in [0.4, 0.5) is 0 Å². The number of halogens is 2. The van der Waals surface area contributed by atoms with Gasteiger partial charge in [0.15, 0.2) is 11.6 Å². The number of nitrogens with one attached hydrogen (secondary N) is 3. The van der Waals surface area contributed by atoms with Crippen molar-refractivity contribution in [1.82, 2.24) is 55.3 Å². The number of carbonyl (C=O) groups is 3. The number of piperazine rings is 1. The molecule has 68 heavy (non-hydrogen) atoms. The smallest absolute Gasteiger partial charge is 0.261 e. The molecule has 1 saturated heterocycles. The lowest BCUT2D eigenvalue weighted by atomic mass is 9.99. The first-order valence-corrected chi connectivity index (χ1v) is 25.1. The molecule has 9 rings (SSSR count). The molecule has 2 aromatic carbocycles. The highest BCUT2D eigenvalue weighted by molar-refractivity contribution is 7.17. The van der Waals surface area contributed by atoms with Gasteiger partial charge in [-0.2, -0.15) is 0 Å². The van der Waals surface area contributed by atoms with Crippen LogP contribution < -0.4 is 16.0 Å². The fourth-order valence-corrected chi connectivity index (χ4v) is 11.7. The van der Waals surface area contributed by atoms with Crippen molar-refractivity contribution in [3.8, 4) is 10.0 Å². The van der Waals surface area contributed by atoms with Gasteiger partial charge in [0.05, 0.1) is 29.1 Å². The van der Waals surface area contributed by atoms with Crippen molar-refractivity contribution >= 4 is 75.0 Å². The Morgan fingerprint density at radius 1 is 0.632 bits per heavy atom. The monoisotopic (exact) mass is 993 g/mol. The summed E-state index contributed by atoms with van der Waals surface area (Å²) in [7, 11) is 2.14. The van der Waals surface area contributed by atoms with Crippen LogP contribution in [0.15, 0.2) is 58.5 Å². The highest BCUT2D eigenvalue weighted by Gasteiger charge is 2.35. The third-order valence-corrected chi connectivity index (χ3v) is 15.7. The molecule has 2 unspecified atom stereocenters. The predicted molar refractivity (Wildman–Crippen MR) is 268 cm³/mol. The van der Waals surface area contributed by atoms with Crippen LogP contribution in [0.1, 0.15) is 103 Å². The largest absolute Gasteiger partial charge is 0.356 e. The molecule has 4 aromatic heterocycles. The van der Waals surface area contributed by atoms with Gasteiger partial charge in [-0.05, 0) is 90.0 Å². The Bertz CT molecular complexity index is 2940. The summed E-state index contributed by atoms with van der Waals surface area (Å²) in [4.78, 5) is 58.2. The van der Waals surface area contributed by atoms with Gasteiger partial charge in [-0.15, -0.1) is 43.1 Å². The van der Waals surface area contributed by atoms with E-state index in [9.17, 15) is 14.4 Å². The maximum Gasteiger partial charge on any atom is 0.261 e. The number of aliphatic imine (C=N–C) groups is 2. The first-order chi connectivity index (χ1) is 32.7. The standard InChI is InChI=1S/C48H53Cl2N13O3S2/c1-26-28(3)67-47-39(26)41(31-8-12-33(49)13-9-31)54-36(44-58-56-29(4)62(44)47)25-38(65)52-17-18-53-46(66)43-27(2)40-42(32-10-14-34(50)15-11-32)55-35(45-59-57-30(5)63(45)48(40)68-43)24-37(64)51-16-7-19-61-22-20-60(6)21-23-61/h8-15,35-36H,7,16-25H2,1-6H3,(H,51,64)(H,52,65)(H,53,66). The number of thiophene rings is 2. The zero-order chi connectivity index (χ0) is 47.8. The van der Waals surface area contributed by atoms with Gasteiger partial charge in [-0.25, -0.2) is 0 Å². The summed E-state index contributed by atoms with van der Waals surface area (Å²) in [5, 5.41) is 29.9. The van der Waals surface area contributed by atoms with Crippen molar-refractivity contribution in [2.45, 2.75) is 66.0 Å². The average molecular weight is 995 g/mol. The number of aromatic nitrogens is 6. The van der Waals surface area contributed by atoms with E-state index in [1.807, 2.05) is 66.3 Å². The zero-order valence-corrected chi connectivity index (χ0v) is 42.0. The van der Waals surface area contributed by atoms with E-state index < -0.39 is 12.1 Å². The fraction of sp³-hybridized carbons (Fsp3) is 0.396. The minimum absolute atomic E-state index is 0.0138. The van der Waals surface area contributed by atoms with E-state index in [2.05, 4.69) is 67.0 Å². The molecule has 0 saturated carbocycles. The number of hydrogen-bond donors (Lipinski definition) is 3. The summed E-state index contributed by atoms with van der Waals surface area (Å²) < 4.78 is 3.93. The number of fused-ring (bicyclic) bond motifs is 6. The van der Waals surface area contributed by atoms with Crippen molar-refractivity contribution in [2.75, 3.05) is 59.4 Å². The second-order valence-corrected chi connectivity index (χ2v) is 20.5. The lowest BCUT2D eigenvalue weighted by Gasteiger charge is -2.32. The van der Waals surface area contributed by atoms with Gasteiger partial charge in [0.1, 0.15) is 33.7 Å². The number of hydrogen-bond acceptors (Lipinski definition) is 13. The molecule has 2 atom stereocenters. The van der Waals surface area contributed by atoms with Gasteiger partial charge in [-0.3, -0.25) is 33.5 Å². The topological polar surface area (TPSA) is 180 Å². The highest BCUT2D eigenvalue weighted by Crippen LogP contribution is 2.41. The van der Waals surface area contributed by atoms with E-state index in [-0.39, 0.29) is 43.7 Å². The van der Waals surface area contributed by atoms with Crippen LogP contribution in [0, 0.1) is 34.6 Å². The van der Waals surface area contributed by atoms with Crippen LogP contribution in [0.25, 0.3) is 10.0 Å². The second-order valence-electron chi connectivity index (χ2n) is 17.4. The molecule has 1 fully saturated rings. The summed E-state index contributed by atoms with van der Waals surface area (Å²) in [5.41, 5.74) is 6.61. The van der Waals surface area contributed by atoms with Crippen molar-refractivity contribution in [3.05, 3.63) is 125 Å². The maximum absolute atomic E-state index is 14.1. The Balaban J connectivity index is 0.900. The Morgan fingerprint density at radius 3 is 1.66 bits per heavy atom. The highest BCUT2D eigenvalue weighted by atomic mass is 35.5. The molecule has 3 aliphatic heterocycles. The molecule has 0 spiro atoms. The van der Waals surface area contributed by atoms with Crippen molar-refractivity contribution < 1.29 is 14.4 Å². The quantitative estimate of drug-likeness (QED) is 0.100. The molecule has 0 bridgehead atoms. The lowest BCUT2D eigenvalue weighted by Crippen LogP contribution is -2.45. The van der Waals surface area contributed by atoms with Crippen LogP contribution in [0.2, 0.25) is 10.0 Å². The van der Waals surface area contributed by atoms with Gasteiger partial charge < -0.3 is 25.8 Å². The summed E-state index contributed by atoms with van der Waals surface area (Å²) in [6, 6.07) is 13.7. The van der Waals surface area contributed by atoms with Crippen molar-refractivity contribution in [2.24, 2.45) is 9.98 Å². The molecule has 354 valence electrons. The molecule has 20 heteroatoms. The molecule has 0 radical (unpaired) electrons. The van der Waals surface area contributed by atoms with Crippen molar-refractivity contribution in [3.63, 3.8) is 0 Å². The number of aryl methyl sites for hydroxylation is 3. The van der Waals surface area contributed by atoms with Gasteiger partial charge in [-0.1, -0.05) is 47.5 Å². The first kappa shape index (κ1) is 47.4. The molecule has 0 aliphatic carbocycles. The summed E-state index contributed by atoms with van der Waals surface area (Å²) >= 11 is 15.6. The molecular weight excluding hydrogens is 942 g/mol. The first-order valence-electron chi connectivity index (χ1n) is 22.7. The molecule has 16 nitrogen and oxygen atoms in total. The van der Waals surface area contributed by atoms with Crippen LogP contribution in [-0.4, -0.2) is 128 Å². The molecule has 6 aromatic rings. The Hall–Kier alpha value is -5.63. The van der Waals surface area contributed by atoms with Crippen LogP contribution in [0.3, 0.4) is 0 Å². The molecule has 3 amide bonds. The number of benzene rings is 2. The predicted octanol–water partition coefficient (Wildman–Crippen LogP) is 6.68. The SMILES string of the molecule is Cc1sc2c(c1C)C(c1ccc(Cl)cc1)=NC(CC(=O)NCCNC(=O)c1sc3c(c1C)C(c1ccc(Cl)cc1)=NC(CC(=O)NCCCN1CCN(C)CC1)c1nnc(C)n1-3)c1nnc(C)n1-2. The zero-order valence-electron chi connectivity index (χ0n) is 38.8. The average Bonchev–Trinajstić information content (AvgIpc) is 4.03. The van der Waals surface area contributed by atoms with E-state index in [1.54, 1.807) is 23.5 Å². The second kappa shape index (κ2) is 20.1. The lowest BCUT2D eigenvalue weighted by molar-refractivity contribution is -0.122. The number of carbonyl (C=O) groups excluding carboxylic acids is 3. The van der Waals surface area contributed by atoms with Gasteiger partial charge in [0, 0.05) is 83.0 Å². The third-order valence-electron chi connectivity index (χ3n) is 12.7. The third kappa shape index (κ3) is 9.67. The van der Waals surface area contributed by atoms with E-state index in [0.29, 0.717) is 50.5 Å². The molecule has 3 aliphatic rings. The summed E-state index contributed by atoms with van der Waals surface area (Å²) in [6.45, 7) is 15.8. The normalized spacial score (nSPS) is 16.9. The minimum atomic E-state index is -0.645. The molecule has 7 heterocycles. The van der Waals surface area contributed by atoms with Gasteiger partial charge in [0.25, 0.3) is 5.91 Å². The van der Waals surface area contributed by atoms with Crippen LogP contribution in [-0.2, 0) is 9.59 Å². The van der Waals surface area contributed by atoms with Crippen LogP contribution in [0.5, 0.6) is 0 Å². The van der Waals surface area contributed by atoms with Crippen molar-refractivity contribution in [1.29, 1.82) is 0 Å². The summed E-state index contributed by atoms with van der Waals surface area (Å²) in [6.07, 6.45) is 0.938. The Morgan fingerprint density at radius 2 is 1.12 bits per heavy atom. The van der Waals surface area contributed by atoms with E-state index >= 15 is 0 Å². The summed E-state index contributed by atoms with van der Waals surface area (Å²) in [5.74, 6) is 1.74. The molecular formula is C48H53Cl2N13O3S2. The molecule has 3 N–H and O–H groups in total. The van der Waals surface area contributed by atoms with E-state index in [4.69, 9.17) is 33.2 Å². The van der Waals surface area contributed by atoms with Gasteiger partial charge >= 0.3 is 0 Å². The Labute approximate surface area is 412 Å². The van der Waals surface area contributed by atoms with E-state index in [1.165, 1.54) is 11.3 Å². The van der Waals surface area contributed by atoms with Crippen LogP contribution >= 0.6 is 45.9 Å². The van der Waals surface area contributed by atoms with E-state index in [0.717, 1.165) is 93.1 Å². The van der Waals surface area contributed by atoms with Gasteiger partial charge in [0.2, 0.25) is 11.8 Å². The number of amides is 3. The number of nitrogens with zero attached hydrogens (tertiary/aromatic N) is 10. The fourth-order valence-electron chi connectivity index (χ4n) is 8.93. The Kier molecular flexibility index (Phi) is 14.1. The maximum atomic E-state index is 14.1. The number of rotatable bonds is 14.